The molecule has 3 amide bonds. The van der Waals surface area contributed by atoms with Gasteiger partial charge in [0, 0.05) is 56.9 Å². The van der Waals surface area contributed by atoms with E-state index in [9.17, 15) is 32.1 Å². The summed E-state index contributed by atoms with van der Waals surface area (Å²) in [6, 6.07) is 9.36. The molecular formula is C28H32N4O8S2. The molecule has 2 aromatic carbocycles. The van der Waals surface area contributed by atoms with E-state index in [0.29, 0.717) is 46.0 Å². The topological polar surface area (TPSA) is 186 Å². The van der Waals surface area contributed by atoms with Crippen molar-refractivity contribution in [1.82, 2.24) is 4.90 Å². The van der Waals surface area contributed by atoms with Gasteiger partial charge in [-0.25, -0.2) is 0 Å². The minimum absolute atomic E-state index is 0.0564. The molecule has 0 aromatic heterocycles. The minimum atomic E-state index is -4.54. The van der Waals surface area contributed by atoms with E-state index >= 15 is 0 Å². The standard InChI is InChI=1S/C28H32N4O8S2/c1-16(33)40-15-21-18-5-3-6-23(42(37,38)39)27(18)19-9-8-17(13-20(19)21)31-25(34)10-11-32-26(35)14-22(28(32)36)41-12-4-7-24(29)30-2/h3,5-6,8-9,13,21-22H,4,7,10-12,14-15H2,1-2H3,(H2,29,30)(H,31,34)(H,37,38,39). The molecule has 14 heteroatoms. The first-order valence-corrected chi connectivity index (χ1v) is 15.7. The zero-order chi connectivity index (χ0) is 30.6. The van der Waals surface area contributed by atoms with Gasteiger partial charge in [0.1, 0.15) is 11.5 Å². The molecule has 0 bridgehead atoms. The number of nitrogens with one attached hydrogen (secondary N) is 1. The van der Waals surface area contributed by atoms with E-state index in [-0.39, 0.29) is 42.7 Å². The summed E-state index contributed by atoms with van der Waals surface area (Å²) in [4.78, 5) is 54.3. The number of fused-ring (bicyclic) bond motifs is 3. The van der Waals surface area contributed by atoms with Crippen LogP contribution in [0.5, 0.6) is 0 Å². The van der Waals surface area contributed by atoms with Crippen LogP contribution in [0, 0.1) is 0 Å². The number of likely N-dealkylation sites (tertiary alicyclic amines) is 1. The Hall–Kier alpha value is -3.75. The summed E-state index contributed by atoms with van der Waals surface area (Å²) in [5, 5.41) is 2.27. The van der Waals surface area contributed by atoms with Gasteiger partial charge >= 0.3 is 5.97 Å². The molecule has 2 unspecified atom stereocenters. The van der Waals surface area contributed by atoms with Crippen molar-refractivity contribution in [2.24, 2.45) is 10.7 Å². The van der Waals surface area contributed by atoms with Gasteiger partial charge in [-0.15, -0.1) is 11.8 Å². The molecule has 1 aliphatic carbocycles. The van der Waals surface area contributed by atoms with Crippen molar-refractivity contribution in [2.45, 2.75) is 48.7 Å². The highest BCUT2D eigenvalue weighted by Crippen LogP contribution is 2.48. The highest BCUT2D eigenvalue weighted by molar-refractivity contribution is 8.00. The molecule has 0 saturated carbocycles. The van der Waals surface area contributed by atoms with Crippen molar-refractivity contribution >= 4 is 57.1 Å². The monoisotopic (exact) mass is 616 g/mol. The number of benzene rings is 2. The smallest absolute Gasteiger partial charge is 0.302 e. The molecule has 0 spiro atoms. The summed E-state index contributed by atoms with van der Waals surface area (Å²) in [7, 11) is -2.93. The van der Waals surface area contributed by atoms with Gasteiger partial charge in [0.25, 0.3) is 10.1 Å². The van der Waals surface area contributed by atoms with Crippen LogP contribution in [-0.2, 0) is 34.0 Å². The number of carbonyl (C=O) groups excluding carboxylic acids is 4. The quantitative estimate of drug-likeness (QED) is 0.0799. The predicted molar refractivity (Wildman–Crippen MR) is 158 cm³/mol. The van der Waals surface area contributed by atoms with Crippen LogP contribution in [0.3, 0.4) is 0 Å². The summed E-state index contributed by atoms with van der Waals surface area (Å²) in [5.74, 6) is -0.911. The van der Waals surface area contributed by atoms with Gasteiger partial charge in [-0.05, 0) is 47.1 Å². The Morgan fingerprint density at radius 2 is 1.95 bits per heavy atom. The molecule has 224 valence electrons. The van der Waals surface area contributed by atoms with Crippen LogP contribution in [0.1, 0.15) is 49.7 Å². The Labute approximate surface area is 247 Å². The average molecular weight is 617 g/mol. The Balaban J connectivity index is 1.42. The summed E-state index contributed by atoms with van der Waals surface area (Å²) < 4.78 is 39.2. The summed E-state index contributed by atoms with van der Waals surface area (Å²) in [5.41, 5.74) is 8.09. The van der Waals surface area contributed by atoms with Crippen molar-refractivity contribution in [3.8, 4) is 11.1 Å². The van der Waals surface area contributed by atoms with Crippen LogP contribution in [0.4, 0.5) is 5.69 Å². The molecule has 12 nitrogen and oxygen atoms in total. The maximum absolute atomic E-state index is 12.8. The molecule has 4 rings (SSSR count). The molecule has 2 atom stereocenters. The number of nitrogens with zero attached hydrogens (tertiary/aromatic N) is 2. The second-order valence-corrected chi connectivity index (χ2v) is 12.6. The van der Waals surface area contributed by atoms with E-state index in [0.717, 1.165) is 11.3 Å². The van der Waals surface area contributed by atoms with E-state index in [1.807, 2.05) is 0 Å². The number of amides is 3. The molecule has 1 aliphatic heterocycles. The van der Waals surface area contributed by atoms with E-state index in [4.69, 9.17) is 10.5 Å². The molecule has 42 heavy (non-hydrogen) atoms. The fourth-order valence-electron chi connectivity index (χ4n) is 5.09. The van der Waals surface area contributed by atoms with Crippen molar-refractivity contribution in [3.63, 3.8) is 0 Å². The molecular weight excluding hydrogens is 584 g/mol. The summed E-state index contributed by atoms with van der Waals surface area (Å²) >= 11 is 1.40. The van der Waals surface area contributed by atoms with E-state index in [2.05, 4.69) is 10.3 Å². The fourth-order valence-corrected chi connectivity index (χ4v) is 6.95. The van der Waals surface area contributed by atoms with Crippen molar-refractivity contribution < 1.29 is 36.9 Å². The van der Waals surface area contributed by atoms with Crippen molar-refractivity contribution in [1.29, 1.82) is 0 Å². The lowest BCUT2D eigenvalue weighted by Gasteiger charge is -2.16. The SMILES string of the molecule is CN=C(N)CCCSC1CC(=O)N(CCC(=O)Nc2ccc3c(c2)C(COC(C)=O)c2cccc(S(=O)(=O)O)c2-3)C1=O. The highest BCUT2D eigenvalue weighted by atomic mass is 32.2. The van der Waals surface area contributed by atoms with Crippen molar-refractivity contribution in [3.05, 3.63) is 47.5 Å². The maximum atomic E-state index is 12.8. The number of carbonyl (C=O) groups is 4. The van der Waals surface area contributed by atoms with Crippen LogP contribution in [0.15, 0.2) is 46.3 Å². The second kappa shape index (κ2) is 13.0. The number of anilines is 1. The fraction of sp³-hybridized carbons (Fsp3) is 0.393. The third-order valence-electron chi connectivity index (χ3n) is 7.09. The van der Waals surface area contributed by atoms with Crippen LogP contribution in [0.2, 0.25) is 0 Å². The number of imide groups is 1. The zero-order valence-electron chi connectivity index (χ0n) is 23.2. The summed E-state index contributed by atoms with van der Waals surface area (Å²) in [6.07, 6.45) is 1.32. The predicted octanol–water partition coefficient (Wildman–Crippen LogP) is 2.57. The highest BCUT2D eigenvalue weighted by Gasteiger charge is 2.39. The maximum Gasteiger partial charge on any atom is 0.302 e. The van der Waals surface area contributed by atoms with Crippen molar-refractivity contribution in [2.75, 3.05) is 31.3 Å². The third-order valence-corrected chi connectivity index (χ3v) is 9.28. The largest absolute Gasteiger partial charge is 0.465 e. The third kappa shape index (κ3) is 6.99. The summed E-state index contributed by atoms with van der Waals surface area (Å²) in [6.45, 7) is 1.14. The lowest BCUT2D eigenvalue weighted by molar-refractivity contribution is -0.141. The second-order valence-electron chi connectivity index (χ2n) is 9.92. The van der Waals surface area contributed by atoms with Gasteiger partial charge in [0.2, 0.25) is 17.7 Å². The van der Waals surface area contributed by atoms with Crippen LogP contribution < -0.4 is 11.1 Å². The molecule has 2 aromatic rings. The molecule has 0 radical (unpaired) electrons. The average Bonchev–Trinajstić information content (AvgIpc) is 3.39. The number of nitrogens with two attached hydrogens (primary N) is 1. The number of hydrogen-bond donors (Lipinski definition) is 3. The zero-order valence-corrected chi connectivity index (χ0v) is 24.8. The van der Waals surface area contributed by atoms with Gasteiger partial charge in [0.15, 0.2) is 0 Å². The van der Waals surface area contributed by atoms with Gasteiger partial charge in [-0.3, -0.25) is 33.6 Å². The first-order chi connectivity index (χ1) is 19.9. The van der Waals surface area contributed by atoms with E-state index < -0.39 is 33.2 Å². The lowest BCUT2D eigenvalue weighted by Crippen LogP contribution is -2.34. The Morgan fingerprint density at radius 1 is 1.19 bits per heavy atom. The Bertz CT molecular complexity index is 1560. The minimum Gasteiger partial charge on any atom is -0.465 e. The van der Waals surface area contributed by atoms with Crippen LogP contribution in [0.25, 0.3) is 11.1 Å². The van der Waals surface area contributed by atoms with Crippen LogP contribution >= 0.6 is 11.8 Å². The number of thioether (sulfide) groups is 1. The van der Waals surface area contributed by atoms with Gasteiger partial charge in [0.05, 0.1) is 11.1 Å². The molecule has 1 saturated heterocycles. The molecule has 2 aliphatic rings. The number of rotatable bonds is 12. The number of aliphatic imine (C=N–C) groups is 1. The number of hydrogen-bond acceptors (Lipinski definition) is 9. The number of esters is 1. The molecule has 4 N–H and O–H groups in total. The van der Waals surface area contributed by atoms with E-state index in [1.54, 1.807) is 31.3 Å². The normalized spacial score (nSPS) is 18.2. The number of ether oxygens (including phenoxy) is 1. The van der Waals surface area contributed by atoms with Gasteiger partial charge < -0.3 is 15.8 Å². The van der Waals surface area contributed by atoms with E-state index in [1.165, 1.54) is 30.8 Å². The first kappa shape index (κ1) is 31.2. The van der Waals surface area contributed by atoms with Gasteiger partial charge in [-0.1, -0.05) is 18.2 Å². The van der Waals surface area contributed by atoms with Crippen LogP contribution in [-0.4, -0.2) is 78.6 Å². The molecule has 1 fully saturated rings. The first-order valence-electron chi connectivity index (χ1n) is 13.3. The Morgan fingerprint density at radius 3 is 2.64 bits per heavy atom. The Kier molecular flexibility index (Phi) is 9.69. The van der Waals surface area contributed by atoms with Gasteiger partial charge in [-0.2, -0.15) is 8.42 Å². The molecule has 1 heterocycles. The lowest BCUT2D eigenvalue weighted by atomic mass is 9.97. The number of amidine groups is 1.